The molecule has 0 saturated carbocycles. The SMILES string of the molecule is O=C(CSc1n[nH]c(COc2ccc(Cl)cc2)n1)Nc1cccc(Cl)c1Cl. The number of hydrogen-bond acceptors (Lipinski definition) is 5. The maximum atomic E-state index is 12.1. The summed E-state index contributed by atoms with van der Waals surface area (Å²) in [6.07, 6.45) is 0. The molecule has 0 saturated heterocycles. The average Bonchev–Trinajstić information content (AvgIpc) is 3.11. The first-order valence-electron chi connectivity index (χ1n) is 7.67. The molecule has 1 heterocycles. The Morgan fingerprint density at radius 2 is 1.93 bits per heavy atom. The highest BCUT2D eigenvalue weighted by Crippen LogP contribution is 2.29. The number of nitrogens with zero attached hydrogens (tertiary/aromatic N) is 2. The molecule has 3 aromatic rings. The summed E-state index contributed by atoms with van der Waals surface area (Å²) >= 11 is 19.0. The molecule has 0 spiro atoms. The van der Waals surface area contributed by atoms with E-state index in [0.717, 1.165) is 0 Å². The van der Waals surface area contributed by atoms with Crippen molar-refractivity contribution in [2.75, 3.05) is 11.1 Å². The van der Waals surface area contributed by atoms with E-state index >= 15 is 0 Å². The summed E-state index contributed by atoms with van der Waals surface area (Å²) in [5.74, 6) is 1.10. The van der Waals surface area contributed by atoms with Gasteiger partial charge in [-0.15, -0.1) is 5.10 Å². The van der Waals surface area contributed by atoms with Gasteiger partial charge in [-0.25, -0.2) is 4.98 Å². The Kier molecular flexibility index (Phi) is 6.84. The minimum Gasteiger partial charge on any atom is -0.486 e. The van der Waals surface area contributed by atoms with Crippen molar-refractivity contribution >= 4 is 58.2 Å². The topological polar surface area (TPSA) is 79.9 Å². The zero-order valence-electron chi connectivity index (χ0n) is 13.7. The Balaban J connectivity index is 1.48. The van der Waals surface area contributed by atoms with Crippen LogP contribution in [0.4, 0.5) is 5.69 Å². The van der Waals surface area contributed by atoms with Gasteiger partial charge in [-0.1, -0.05) is 52.6 Å². The number of benzene rings is 2. The molecule has 1 aromatic heterocycles. The summed E-state index contributed by atoms with van der Waals surface area (Å²) in [4.78, 5) is 16.3. The van der Waals surface area contributed by atoms with E-state index in [1.165, 1.54) is 11.8 Å². The molecule has 0 radical (unpaired) electrons. The second-order valence-corrected chi connectivity index (χ2v) is 7.41. The lowest BCUT2D eigenvalue weighted by atomic mass is 10.3. The number of thioether (sulfide) groups is 1. The Morgan fingerprint density at radius 1 is 1.15 bits per heavy atom. The van der Waals surface area contributed by atoms with Gasteiger partial charge in [-0.3, -0.25) is 9.89 Å². The van der Waals surface area contributed by atoms with Gasteiger partial charge in [-0.2, -0.15) is 0 Å². The highest BCUT2D eigenvalue weighted by molar-refractivity contribution is 7.99. The first kappa shape index (κ1) is 19.8. The van der Waals surface area contributed by atoms with Gasteiger partial charge in [0.25, 0.3) is 0 Å². The van der Waals surface area contributed by atoms with E-state index in [2.05, 4.69) is 20.5 Å². The van der Waals surface area contributed by atoms with Crippen LogP contribution in [0.25, 0.3) is 0 Å². The third kappa shape index (κ3) is 5.77. The van der Waals surface area contributed by atoms with Crippen molar-refractivity contribution < 1.29 is 9.53 Å². The largest absolute Gasteiger partial charge is 0.486 e. The lowest BCUT2D eigenvalue weighted by Gasteiger charge is -2.07. The van der Waals surface area contributed by atoms with Crippen molar-refractivity contribution in [1.82, 2.24) is 15.2 Å². The second kappa shape index (κ2) is 9.32. The number of carbonyl (C=O) groups is 1. The highest BCUT2D eigenvalue weighted by atomic mass is 35.5. The first-order valence-corrected chi connectivity index (χ1v) is 9.79. The number of rotatable bonds is 7. The smallest absolute Gasteiger partial charge is 0.234 e. The van der Waals surface area contributed by atoms with E-state index in [9.17, 15) is 4.79 Å². The van der Waals surface area contributed by atoms with Crippen molar-refractivity contribution in [3.8, 4) is 5.75 Å². The first-order chi connectivity index (χ1) is 13.0. The van der Waals surface area contributed by atoms with Crippen molar-refractivity contribution in [3.63, 3.8) is 0 Å². The number of H-pyrrole nitrogens is 1. The predicted octanol–water partition coefficient (Wildman–Crippen LogP) is 5.07. The predicted molar refractivity (Wildman–Crippen MR) is 108 cm³/mol. The molecule has 3 rings (SSSR count). The molecule has 0 fully saturated rings. The zero-order valence-corrected chi connectivity index (χ0v) is 16.8. The molecule has 6 nitrogen and oxygen atoms in total. The third-order valence-electron chi connectivity index (χ3n) is 3.26. The molecule has 1 amide bonds. The number of nitrogens with one attached hydrogen (secondary N) is 2. The normalized spacial score (nSPS) is 10.6. The number of amides is 1. The molecule has 0 aliphatic carbocycles. The minimum atomic E-state index is -0.243. The van der Waals surface area contributed by atoms with E-state index in [1.807, 2.05) is 0 Å². The molecule has 140 valence electrons. The number of hydrogen-bond donors (Lipinski definition) is 2. The number of aromatic nitrogens is 3. The van der Waals surface area contributed by atoms with Gasteiger partial charge in [-0.05, 0) is 36.4 Å². The van der Waals surface area contributed by atoms with E-state index in [4.69, 9.17) is 39.5 Å². The van der Waals surface area contributed by atoms with Crippen LogP contribution in [0.2, 0.25) is 15.1 Å². The quantitative estimate of drug-likeness (QED) is 0.498. The van der Waals surface area contributed by atoms with Gasteiger partial charge in [0.2, 0.25) is 11.1 Å². The zero-order chi connectivity index (χ0) is 19.2. The molecular weight excluding hydrogens is 431 g/mol. The Morgan fingerprint density at radius 3 is 2.70 bits per heavy atom. The fraction of sp³-hybridized carbons (Fsp3) is 0.118. The standard InChI is InChI=1S/C17H13Cl3N4O2S/c18-10-4-6-11(7-5-10)26-8-14-22-17(24-23-14)27-9-15(25)21-13-3-1-2-12(19)16(13)20/h1-7H,8-9H2,(H,21,25)(H,22,23,24). The minimum absolute atomic E-state index is 0.123. The Hall–Kier alpha value is -1.93. The summed E-state index contributed by atoms with van der Waals surface area (Å²) in [7, 11) is 0. The molecule has 0 aliphatic heterocycles. The number of aromatic amines is 1. The molecule has 27 heavy (non-hydrogen) atoms. The number of halogens is 3. The molecule has 0 unspecified atom stereocenters. The van der Waals surface area contributed by atoms with E-state index in [-0.39, 0.29) is 18.3 Å². The van der Waals surface area contributed by atoms with Crippen LogP contribution in [0, 0.1) is 0 Å². The van der Waals surface area contributed by atoms with Crippen LogP contribution in [-0.2, 0) is 11.4 Å². The van der Waals surface area contributed by atoms with Gasteiger partial charge in [0.1, 0.15) is 12.4 Å². The number of carbonyl (C=O) groups excluding carboxylic acids is 1. The van der Waals surface area contributed by atoms with Gasteiger partial charge in [0.05, 0.1) is 21.5 Å². The van der Waals surface area contributed by atoms with E-state index in [1.54, 1.807) is 42.5 Å². The van der Waals surface area contributed by atoms with Crippen LogP contribution in [0.5, 0.6) is 5.75 Å². The van der Waals surface area contributed by atoms with Crippen molar-refractivity contribution in [1.29, 1.82) is 0 Å². The Bertz CT molecular complexity index is 934. The lowest BCUT2D eigenvalue weighted by molar-refractivity contribution is -0.113. The fourth-order valence-corrected chi connectivity index (χ4v) is 3.10. The Labute approximate surface area is 174 Å². The molecule has 0 bridgehead atoms. The summed E-state index contributed by atoms with van der Waals surface area (Å²) in [5.41, 5.74) is 0.460. The third-order valence-corrected chi connectivity index (χ3v) is 5.18. The molecular formula is C17H13Cl3N4O2S. The van der Waals surface area contributed by atoms with Crippen molar-refractivity contribution in [2.45, 2.75) is 11.8 Å². The van der Waals surface area contributed by atoms with Crippen molar-refractivity contribution in [3.05, 3.63) is 63.4 Å². The summed E-state index contributed by atoms with van der Waals surface area (Å²) < 4.78 is 5.58. The average molecular weight is 444 g/mol. The van der Waals surface area contributed by atoms with Crippen LogP contribution in [-0.4, -0.2) is 26.8 Å². The molecule has 0 atom stereocenters. The molecule has 10 heteroatoms. The van der Waals surface area contributed by atoms with Crippen LogP contribution < -0.4 is 10.1 Å². The fourth-order valence-electron chi connectivity index (χ4n) is 2.01. The summed E-state index contributed by atoms with van der Waals surface area (Å²) in [6, 6.07) is 12.0. The van der Waals surface area contributed by atoms with Gasteiger partial charge >= 0.3 is 0 Å². The molecule has 0 aliphatic rings. The lowest BCUT2D eigenvalue weighted by Crippen LogP contribution is -2.14. The van der Waals surface area contributed by atoms with Crippen LogP contribution in [0.15, 0.2) is 47.6 Å². The second-order valence-electron chi connectivity index (χ2n) is 5.25. The van der Waals surface area contributed by atoms with E-state index < -0.39 is 0 Å². The summed E-state index contributed by atoms with van der Waals surface area (Å²) in [5, 5.41) is 11.3. The maximum absolute atomic E-state index is 12.1. The highest BCUT2D eigenvalue weighted by Gasteiger charge is 2.11. The number of ether oxygens (including phenoxy) is 1. The van der Waals surface area contributed by atoms with Gasteiger partial charge in [0, 0.05) is 5.02 Å². The van der Waals surface area contributed by atoms with Crippen LogP contribution in [0.1, 0.15) is 5.82 Å². The molecule has 2 N–H and O–H groups in total. The van der Waals surface area contributed by atoms with E-state index in [0.29, 0.717) is 37.5 Å². The van der Waals surface area contributed by atoms with Gasteiger partial charge in [0.15, 0.2) is 5.82 Å². The summed E-state index contributed by atoms with van der Waals surface area (Å²) in [6.45, 7) is 0.222. The van der Waals surface area contributed by atoms with Crippen LogP contribution in [0.3, 0.4) is 0 Å². The van der Waals surface area contributed by atoms with Crippen LogP contribution >= 0.6 is 46.6 Å². The number of anilines is 1. The van der Waals surface area contributed by atoms with Gasteiger partial charge < -0.3 is 10.1 Å². The molecule has 2 aromatic carbocycles. The monoisotopic (exact) mass is 442 g/mol. The van der Waals surface area contributed by atoms with Crippen molar-refractivity contribution in [2.24, 2.45) is 0 Å². The maximum Gasteiger partial charge on any atom is 0.234 e.